The Morgan fingerprint density at radius 3 is 2.63 bits per heavy atom. The third-order valence-corrected chi connectivity index (χ3v) is 3.38. The molecular weight excluding hydrogens is 260 g/mol. The highest BCUT2D eigenvalue weighted by Gasteiger charge is 2.11. The number of pyridine rings is 1. The number of nitrogen functional groups attached to an aromatic ring is 1. The van der Waals surface area contributed by atoms with Crippen molar-refractivity contribution in [2.24, 2.45) is 5.84 Å². The smallest absolute Gasteiger partial charge is 0.193 e. The van der Waals surface area contributed by atoms with Crippen LogP contribution in [0.15, 0.2) is 42.0 Å². The molecule has 0 fully saturated rings. The molecule has 0 spiro atoms. The summed E-state index contributed by atoms with van der Waals surface area (Å²) in [7, 11) is 0. The summed E-state index contributed by atoms with van der Waals surface area (Å²) in [6.07, 6.45) is 3.37. The number of hydrogen-bond acceptors (Lipinski definition) is 7. The highest BCUT2D eigenvalue weighted by atomic mass is 32.1. The predicted octanol–water partition coefficient (Wildman–Crippen LogP) is 1.95. The average Bonchev–Trinajstić information content (AvgIpc) is 3.02. The highest BCUT2D eigenvalue weighted by Crippen LogP contribution is 2.26. The van der Waals surface area contributed by atoms with Crippen LogP contribution in [0.3, 0.4) is 0 Å². The van der Waals surface area contributed by atoms with Crippen molar-refractivity contribution < 1.29 is 0 Å². The first kappa shape index (κ1) is 11.7. The van der Waals surface area contributed by atoms with Gasteiger partial charge in [0.05, 0.1) is 4.88 Å². The van der Waals surface area contributed by atoms with E-state index in [1.165, 1.54) is 0 Å². The standard InChI is InChI=1S/C12H10N6S/c13-16-12-10(8-3-5-14-6-4-8)17-18-11(15-12)9-2-1-7-19-9/h1-7H,13H2,(H,15,16,18). The molecule has 7 heteroatoms. The Labute approximate surface area is 113 Å². The van der Waals surface area contributed by atoms with Crippen LogP contribution in [0.2, 0.25) is 0 Å². The number of nitrogens with two attached hydrogens (primary N) is 1. The molecule has 0 aliphatic heterocycles. The molecule has 3 heterocycles. The van der Waals surface area contributed by atoms with Crippen LogP contribution in [0, 0.1) is 0 Å². The van der Waals surface area contributed by atoms with Crippen molar-refractivity contribution in [2.45, 2.75) is 0 Å². The Bertz CT molecular complexity index is 668. The molecule has 3 rings (SSSR count). The van der Waals surface area contributed by atoms with E-state index in [0.717, 1.165) is 10.4 Å². The van der Waals surface area contributed by atoms with Gasteiger partial charge in [-0.1, -0.05) is 6.07 Å². The van der Waals surface area contributed by atoms with Crippen molar-refractivity contribution in [3.8, 4) is 22.0 Å². The molecule has 94 valence electrons. The normalized spacial score (nSPS) is 10.4. The summed E-state index contributed by atoms with van der Waals surface area (Å²) in [4.78, 5) is 9.31. The van der Waals surface area contributed by atoms with Crippen molar-refractivity contribution >= 4 is 17.2 Å². The summed E-state index contributed by atoms with van der Waals surface area (Å²) in [5, 5.41) is 10.3. The Kier molecular flexibility index (Phi) is 3.13. The minimum absolute atomic E-state index is 0.490. The van der Waals surface area contributed by atoms with E-state index in [2.05, 4.69) is 25.6 Å². The molecule has 3 aromatic rings. The first-order valence-electron chi connectivity index (χ1n) is 5.54. The number of nitrogens with one attached hydrogen (secondary N) is 1. The number of anilines is 1. The topological polar surface area (TPSA) is 89.6 Å². The van der Waals surface area contributed by atoms with E-state index in [-0.39, 0.29) is 0 Å². The van der Waals surface area contributed by atoms with Crippen molar-refractivity contribution in [3.05, 3.63) is 42.0 Å². The van der Waals surface area contributed by atoms with Crippen molar-refractivity contribution in [1.29, 1.82) is 0 Å². The Morgan fingerprint density at radius 1 is 1.11 bits per heavy atom. The second-order valence-electron chi connectivity index (χ2n) is 3.69. The van der Waals surface area contributed by atoms with Crippen LogP contribution in [0.4, 0.5) is 5.82 Å². The van der Waals surface area contributed by atoms with Gasteiger partial charge in [-0.05, 0) is 23.6 Å². The summed E-state index contributed by atoms with van der Waals surface area (Å²) in [6.45, 7) is 0. The Balaban J connectivity index is 2.08. The molecule has 0 atom stereocenters. The maximum absolute atomic E-state index is 5.52. The zero-order chi connectivity index (χ0) is 13.1. The summed E-state index contributed by atoms with van der Waals surface area (Å²) in [6, 6.07) is 7.54. The van der Waals surface area contributed by atoms with E-state index in [1.54, 1.807) is 23.7 Å². The van der Waals surface area contributed by atoms with Crippen LogP contribution < -0.4 is 11.3 Å². The molecular formula is C12H10N6S. The monoisotopic (exact) mass is 270 g/mol. The lowest BCUT2D eigenvalue weighted by molar-refractivity contribution is 0.986. The molecule has 0 saturated carbocycles. The Hall–Kier alpha value is -2.38. The lowest BCUT2D eigenvalue weighted by Gasteiger charge is -2.07. The predicted molar refractivity (Wildman–Crippen MR) is 74.2 cm³/mol. The lowest BCUT2D eigenvalue weighted by atomic mass is 10.2. The molecule has 0 bridgehead atoms. The van der Waals surface area contributed by atoms with Crippen LogP contribution in [0.25, 0.3) is 22.0 Å². The van der Waals surface area contributed by atoms with Crippen LogP contribution in [0.5, 0.6) is 0 Å². The van der Waals surface area contributed by atoms with Gasteiger partial charge < -0.3 is 5.43 Å². The molecule has 0 amide bonds. The zero-order valence-electron chi connectivity index (χ0n) is 9.82. The lowest BCUT2D eigenvalue weighted by Crippen LogP contribution is -2.12. The molecule has 6 nitrogen and oxygen atoms in total. The molecule has 3 N–H and O–H groups in total. The van der Waals surface area contributed by atoms with Gasteiger partial charge >= 0.3 is 0 Å². The fourth-order valence-corrected chi connectivity index (χ4v) is 2.29. The summed E-state index contributed by atoms with van der Waals surface area (Å²) in [5.74, 6) is 6.56. The Morgan fingerprint density at radius 2 is 1.95 bits per heavy atom. The summed E-state index contributed by atoms with van der Waals surface area (Å²) >= 11 is 1.55. The van der Waals surface area contributed by atoms with E-state index in [1.807, 2.05) is 29.6 Å². The van der Waals surface area contributed by atoms with Crippen LogP contribution in [-0.2, 0) is 0 Å². The van der Waals surface area contributed by atoms with Crippen LogP contribution in [-0.4, -0.2) is 20.2 Å². The van der Waals surface area contributed by atoms with Gasteiger partial charge in [0.15, 0.2) is 11.6 Å². The molecule has 0 radical (unpaired) electrons. The quantitative estimate of drug-likeness (QED) is 0.558. The van der Waals surface area contributed by atoms with E-state index < -0.39 is 0 Å². The molecule has 0 aromatic carbocycles. The molecule has 0 saturated heterocycles. The highest BCUT2D eigenvalue weighted by molar-refractivity contribution is 7.13. The van der Waals surface area contributed by atoms with Crippen LogP contribution in [0.1, 0.15) is 0 Å². The second-order valence-corrected chi connectivity index (χ2v) is 4.64. The maximum Gasteiger partial charge on any atom is 0.193 e. The molecule has 0 aliphatic carbocycles. The van der Waals surface area contributed by atoms with Gasteiger partial charge in [-0.3, -0.25) is 4.98 Å². The van der Waals surface area contributed by atoms with Crippen molar-refractivity contribution in [2.75, 3.05) is 5.43 Å². The van der Waals surface area contributed by atoms with Crippen molar-refractivity contribution in [1.82, 2.24) is 20.2 Å². The van der Waals surface area contributed by atoms with Crippen molar-refractivity contribution in [3.63, 3.8) is 0 Å². The molecule has 19 heavy (non-hydrogen) atoms. The first-order valence-corrected chi connectivity index (χ1v) is 6.42. The molecule has 0 unspecified atom stereocenters. The van der Waals surface area contributed by atoms with Gasteiger partial charge in [-0.25, -0.2) is 10.8 Å². The number of rotatable bonds is 3. The fourth-order valence-electron chi connectivity index (χ4n) is 1.64. The zero-order valence-corrected chi connectivity index (χ0v) is 10.6. The SMILES string of the molecule is NNc1nc(-c2cccs2)nnc1-c1ccncc1. The number of thiophene rings is 1. The van der Waals surface area contributed by atoms with E-state index >= 15 is 0 Å². The van der Waals surface area contributed by atoms with Gasteiger partial charge in [0.1, 0.15) is 5.69 Å². The van der Waals surface area contributed by atoms with Crippen LogP contribution >= 0.6 is 11.3 Å². The number of nitrogens with zero attached hydrogens (tertiary/aromatic N) is 4. The van der Waals surface area contributed by atoms with Gasteiger partial charge in [0.25, 0.3) is 0 Å². The number of aromatic nitrogens is 4. The number of hydrazine groups is 1. The third-order valence-electron chi connectivity index (χ3n) is 2.52. The van der Waals surface area contributed by atoms with E-state index in [4.69, 9.17) is 5.84 Å². The average molecular weight is 270 g/mol. The van der Waals surface area contributed by atoms with Gasteiger partial charge in [0, 0.05) is 18.0 Å². The second kappa shape index (κ2) is 5.09. The number of hydrogen-bond donors (Lipinski definition) is 2. The summed E-state index contributed by atoms with van der Waals surface area (Å²) < 4.78 is 0. The molecule has 0 aliphatic rings. The van der Waals surface area contributed by atoms with E-state index in [9.17, 15) is 0 Å². The molecule has 3 aromatic heterocycles. The van der Waals surface area contributed by atoms with E-state index in [0.29, 0.717) is 17.3 Å². The third kappa shape index (κ3) is 2.28. The maximum atomic E-state index is 5.52. The van der Waals surface area contributed by atoms with Gasteiger partial charge in [-0.15, -0.1) is 21.5 Å². The van der Waals surface area contributed by atoms with Gasteiger partial charge in [-0.2, -0.15) is 0 Å². The summed E-state index contributed by atoms with van der Waals surface area (Å²) in [5.41, 5.74) is 4.03. The minimum atomic E-state index is 0.490. The largest absolute Gasteiger partial charge is 0.307 e. The fraction of sp³-hybridized carbons (Fsp3) is 0. The van der Waals surface area contributed by atoms with Gasteiger partial charge in [0.2, 0.25) is 0 Å². The minimum Gasteiger partial charge on any atom is -0.307 e. The first-order chi connectivity index (χ1) is 9.38.